The molecule has 0 fully saturated rings. The van der Waals surface area contributed by atoms with E-state index in [4.69, 9.17) is 5.11 Å². The minimum atomic E-state index is -1.31. The molecule has 1 N–H and O–H groups in total. The van der Waals surface area contributed by atoms with E-state index in [9.17, 15) is 9.59 Å². The Morgan fingerprint density at radius 2 is 2.07 bits per heavy atom. The van der Waals surface area contributed by atoms with Crippen molar-refractivity contribution in [3.05, 3.63) is 26.7 Å². The lowest BCUT2D eigenvalue weighted by Crippen LogP contribution is -2.09. The summed E-state index contributed by atoms with van der Waals surface area (Å²) < 4.78 is 9.35. The second kappa shape index (κ2) is 6.23. The monoisotopic (exact) mass is 278 g/mol. The standard InChI is InChI=1S/C7H5BrO5.C2H6/c1-12-5-3(8)2-4(6(9)10)13-7(5)11;1-2/h2H,1H3,(H,9,10);1-2H3. The summed E-state index contributed by atoms with van der Waals surface area (Å²) >= 11 is 2.98. The molecule has 0 aliphatic heterocycles. The van der Waals surface area contributed by atoms with Crippen LogP contribution >= 0.6 is 15.9 Å². The van der Waals surface area contributed by atoms with Crippen molar-refractivity contribution >= 4 is 21.9 Å². The van der Waals surface area contributed by atoms with Gasteiger partial charge in [-0.2, -0.15) is 0 Å². The van der Waals surface area contributed by atoms with Gasteiger partial charge in [0.15, 0.2) is 0 Å². The average molecular weight is 279 g/mol. The van der Waals surface area contributed by atoms with E-state index < -0.39 is 17.4 Å². The highest BCUT2D eigenvalue weighted by Gasteiger charge is 2.14. The number of hydrogen-bond donors (Lipinski definition) is 1. The fourth-order valence-corrected chi connectivity index (χ4v) is 1.27. The summed E-state index contributed by atoms with van der Waals surface area (Å²) in [6.45, 7) is 4.00. The van der Waals surface area contributed by atoms with Crippen molar-refractivity contribution in [2.24, 2.45) is 0 Å². The summed E-state index contributed by atoms with van der Waals surface area (Å²) in [6.07, 6.45) is 0. The zero-order valence-electron chi connectivity index (χ0n) is 8.54. The van der Waals surface area contributed by atoms with Crippen molar-refractivity contribution < 1.29 is 19.1 Å². The molecule has 0 aliphatic carbocycles. The van der Waals surface area contributed by atoms with Gasteiger partial charge in [-0.3, -0.25) is 0 Å². The average Bonchev–Trinajstić information content (AvgIpc) is 2.20. The quantitative estimate of drug-likeness (QED) is 0.897. The molecule has 1 aromatic rings. The number of hydrogen-bond acceptors (Lipinski definition) is 4. The molecule has 0 amide bonds. The Bertz CT molecular complexity index is 396. The summed E-state index contributed by atoms with van der Waals surface area (Å²) in [6, 6.07) is 1.16. The Morgan fingerprint density at radius 1 is 1.53 bits per heavy atom. The first kappa shape index (κ1) is 13.7. The van der Waals surface area contributed by atoms with Gasteiger partial charge in [0.1, 0.15) is 0 Å². The van der Waals surface area contributed by atoms with Crippen LogP contribution in [0.2, 0.25) is 0 Å². The van der Waals surface area contributed by atoms with E-state index in [0.29, 0.717) is 0 Å². The number of ether oxygens (including phenoxy) is 1. The molecule has 15 heavy (non-hydrogen) atoms. The minimum Gasteiger partial charge on any atom is -0.489 e. The maximum Gasteiger partial charge on any atom is 0.380 e. The van der Waals surface area contributed by atoms with Gasteiger partial charge in [0, 0.05) is 6.07 Å². The number of halogens is 1. The van der Waals surface area contributed by atoms with Gasteiger partial charge in [-0.05, 0) is 15.9 Å². The van der Waals surface area contributed by atoms with E-state index in [0.717, 1.165) is 6.07 Å². The Labute approximate surface area is 94.8 Å². The number of carboxylic acids is 1. The molecular weight excluding hydrogens is 268 g/mol. The highest BCUT2D eigenvalue weighted by Crippen LogP contribution is 2.21. The van der Waals surface area contributed by atoms with E-state index >= 15 is 0 Å². The zero-order chi connectivity index (χ0) is 12.0. The summed E-state index contributed by atoms with van der Waals surface area (Å²) in [5.74, 6) is -1.79. The number of carbonyl (C=O) groups is 1. The lowest BCUT2D eigenvalue weighted by atomic mass is 10.4. The molecular formula is C9H11BrO5. The smallest absolute Gasteiger partial charge is 0.380 e. The maximum absolute atomic E-state index is 11.0. The Balaban J connectivity index is 0.000000921. The van der Waals surface area contributed by atoms with E-state index in [1.807, 2.05) is 13.8 Å². The number of methoxy groups -OCH3 is 1. The molecule has 6 heteroatoms. The van der Waals surface area contributed by atoms with Crippen LogP contribution < -0.4 is 10.4 Å². The Kier molecular flexibility index (Phi) is 5.69. The summed E-state index contributed by atoms with van der Waals surface area (Å²) in [7, 11) is 1.29. The van der Waals surface area contributed by atoms with E-state index in [1.165, 1.54) is 7.11 Å². The molecule has 0 radical (unpaired) electrons. The van der Waals surface area contributed by atoms with Gasteiger partial charge in [-0.15, -0.1) is 0 Å². The van der Waals surface area contributed by atoms with Gasteiger partial charge in [0.2, 0.25) is 11.5 Å². The zero-order valence-corrected chi connectivity index (χ0v) is 10.1. The van der Waals surface area contributed by atoms with Gasteiger partial charge < -0.3 is 14.3 Å². The number of aromatic carboxylic acids is 1. The second-order valence-electron chi connectivity index (χ2n) is 2.08. The van der Waals surface area contributed by atoms with Crippen molar-refractivity contribution in [1.82, 2.24) is 0 Å². The fourth-order valence-electron chi connectivity index (χ4n) is 0.740. The van der Waals surface area contributed by atoms with Crippen LogP contribution in [0.5, 0.6) is 5.75 Å². The summed E-state index contributed by atoms with van der Waals surface area (Å²) in [5, 5.41) is 8.50. The SMILES string of the molecule is CC.COc1c(Br)cc(C(=O)O)oc1=O. The van der Waals surface area contributed by atoms with Gasteiger partial charge in [-0.1, -0.05) is 13.8 Å². The van der Waals surface area contributed by atoms with Crippen LogP contribution in [-0.2, 0) is 0 Å². The number of rotatable bonds is 2. The van der Waals surface area contributed by atoms with E-state index in [-0.39, 0.29) is 10.2 Å². The fraction of sp³-hybridized carbons (Fsp3) is 0.333. The summed E-state index contributed by atoms with van der Waals surface area (Å²) in [5.41, 5.74) is -0.825. The molecule has 0 saturated carbocycles. The topological polar surface area (TPSA) is 76.7 Å². The Morgan fingerprint density at radius 3 is 2.40 bits per heavy atom. The third-order valence-corrected chi connectivity index (χ3v) is 1.87. The first-order chi connectivity index (χ1) is 7.06. The van der Waals surface area contributed by atoms with E-state index in [2.05, 4.69) is 25.1 Å². The molecule has 1 rings (SSSR count). The molecule has 0 atom stereocenters. The largest absolute Gasteiger partial charge is 0.489 e. The molecule has 1 aromatic heterocycles. The van der Waals surface area contributed by atoms with Crippen LogP contribution in [0.15, 0.2) is 19.8 Å². The molecule has 0 bridgehead atoms. The molecule has 0 spiro atoms. The normalized spacial score (nSPS) is 8.80. The van der Waals surface area contributed by atoms with Crippen molar-refractivity contribution in [1.29, 1.82) is 0 Å². The lowest BCUT2D eigenvalue weighted by molar-refractivity contribution is 0.0656. The minimum absolute atomic E-state index is 0.0509. The molecule has 1 heterocycles. The number of carboxylic acid groups (broad SMARTS) is 1. The third kappa shape index (κ3) is 3.39. The molecule has 0 aromatic carbocycles. The van der Waals surface area contributed by atoms with Crippen LogP contribution in [0.25, 0.3) is 0 Å². The molecule has 0 saturated heterocycles. The first-order valence-corrected chi connectivity index (χ1v) is 4.96. The van der Waals surface area contributed by atoms with Crippen LogP contribution in [0, 0.1) is 0 Å². The van der Waals surface area contributed by atoms with Crippen LogP contribution in [0.1, 0.15) is 24.4 Å². The van der Waals surface area contributed by atoms with Gasteiger partial charge >= 0.3 is 11.6 Å². The predicted octanol–water partition coefficient (Wildman–Crippen LogP) is 2.14. The third-order valence-electron chi connectivity index (χ3n) is 1.28. The van der Waals surface area contributed by atoms with Gasteiger partial charge in [0.05, 0.1) is 11.6 Å². The maximum atomic E-state index is 11.0. The molecule has 0 aliphatic rings. The molecule has 5 nitrogen and oxygen atoms in total. The Hall–Kier alpha value is -1.30. The highest BCUT2D eigenvalue weighted by atomic mass is 79.9. The van der Waals surface area contributed by atoms with E-state index in [1.54, 1.807) is 0 Å². The van der Waals surface area contributed by atoms with Gasteiger partial charge in [0.25, 0.3) is 0 Å². The van der Waals surface area contributed by atoms with Crippen molar-refractivity contribution in [3.8, 4) is 5.75 Å². The predicted molar refractivity (Wildman–Crippen MR) is 57.5 cm³/mol. The highest BCUT2D eigenvalue weighted by molar-refractivity contribution is 9.10. The van der Waals surface area contributed by atoms with Gasteiger partial charge in [-0.25, -0.2) is 9.59 Å². The van der Waals surface area contributed by atoms with Crippen LogP contribution in [-0.4, -0.2) is 18.2 Å². The van der Waals surface area contributed by atoms with Crippen LogP contribution in [0.4, 0.5) is 0 Å². The summed E-state index contributed by atoms with van der Waals surface area (Å²) in [4.78, 5) is 21.4. The second-order valence-corrected chi connectivity index (χ2v) is 2.94. The van der Waals surface area contributed by atoms with Crippen molar-refractivity contribution in [2.45, 2.75) is 13.8 Å². The first-order valence-electron chi connectivity index (χ1n) is 4.17. The van der Waals surface area contributed by atoms with Crippen LogP contribution in [0.3, 0.4) is 0 Å². The van der Waals surface area contributed by atoms with Crippen molar-refractivity contribution in [2.75, 3.05) is 7.11 Å². The van der Waals surface area contributed by atoms with Crippen molar-refractivity contribution in [3.63, 3.8) is 0 Å². The molecule has 0 unspecified atom stereocenters. The lowest BCUT2D eigenvalue weighted by Gasteiger charge is -2.00. The molecule has 84 valence electrons.